The Balaban J connectivity index is 2.85. The van der Waals surface area contributed by atoms with E-state index in [1.807, 2.05) is 0 Å². The summed E-state index contributed by atoms with van der Waals surface area (Å²) in [4.78, 5) is 1.71. The van der Waals surface area contributed by atoms with Crippen LogP contribution < -0.4 is 16.0 Å². The van der Waals surface area contributed by atoms with E-state index in [0.717, 1.165) is 12.1 Å². The first-order valence-electron chi connectivity index (χ1n) is 4.72. The highest BCUT2D eigenvalue weighted by Gasteiger charge is 2.11. The molecular formula is C10H15F2N3O. The van der Waals surface area contributed by atoms with E-state index in [-0.39, 0.29) is 17.9 Å². The fourth-order valence-corrected chi connectivity index (χ4v) is 1.35. The Hall–Kier alpha value is -1.24. The minimum atomic E-state index is -0.576. The molecule has 0 saturated carbocycles. The summed E-state index contributed by atoms with van der Waals surface area (Å²) < 4.78 is 31.5. The second-order valence-electron chi connectivity index (χ2n) is 3.45. The summed E-state index contributed by atoms with van der Waals surface area (Å²) in [6.45, 7) is 0.643. The number of ether oxygens (including phenoxy) is 1. The summed E-state index contributed by atoms with van der Waals surface area (Å²) >= 11 is 0. The standard InChI is InChI=1S/C10H15F2N3O/c1-15(6-14-13)5-7-3-9(12)10(16-2)4-8(7)11/h3-4,14H,5-6,13H2,1-2H3. The molecule has 4 nitrogen and oxygen atoms in total. The molecule has 90 valence electrons. The molecule has 6 heteroatoms. The normalized spacial score (nSPS) is 10.9. The molecule has 0 aliphatic carbocycles. The van der Waals surface area contributed by atoms with Gasteiger partial charge in [0.1, 0.15) is 5.82 Å². The SMILES string of the molecule is COc1cc(F)c(CN(C)CNN)cc1F. The van der Waals surface area contributed by atoms with Crippen molar-refractivity contribution in [3.05, 3.63) is 29.3 Å². The number of nitrogens with one attached hydrogen (secondary N) is 1. The van der Waals surface area contributed by atoms with Gasteiger partial charge in [-0.15, -0.1) is 0 Å². The predicted octanol–water partition coefficient (Wildman–Crippen LogP) is 0.826. The molecule has 0 radical (unpaired) electrons. The summed E-state index contributed by atoms with van der Waals surface area (Å²) in [6, 6.07) is 2.16. The van der Waals surface area contributed by atoms with Gasteiger partial charge >= 0.3 is 0 Å². The summed E-state index contributed by atoms with van der Waals surface area (Å²) in [6.07, 6.45) is 0. The lowest BCUT2D eigenvalue weighted by Crippen LogP contribution is -2.35. The Bertz CT molecular complexity index is 360. The number of hydrazine groups is 1. The number of nitrogens with two attached hydrogens (primary N) is 1. The smallest absolute Gasteiger partial charge is 0.165 e. The van der Waals surface area contributed by atoms with E-state index in [1.54, 1.807) is 11.9 Å². The Labute approximate surface area is 93.0 Å². The second kappa shape index (κ2) is 5.74. The first-order chi connectivity index (χ1) is 7.58. The minimum Gasteiger partial charge on any atom is -0.494 e. The van der Waals surface area contributed by atoms with Crippen LogP contribution in [0.2, 0.25) is 0 Å². The van der Waals surface area contributed by atoms with Crippen LogP contribution in [-0.2, 0) is 6.54 Å². The van der Waals surface area contributed by atoms with Crippen LogP contribution in [0.15, 0.2) is 12.1 Å². The maximum Gasteiger partial charge on any atom is 0.165 e. The topological polar surface area (TPSA) is 50.5 Å². The van der Waals surface area contributed by atoms with Gasteiger partial charge in [-0.3, -0.25) is 10.7 Å². The van der Waals surface area contributed by atoms with E-state index in [2.05, 4.69) is 10.2 Å². The fourth-order valence-electron chi connectivity index (χ4n) is 1.35. The zero-order valence-corrected chi connectivity index (χ0v) is 9.26. The zero-order chi connectivity index (χ0) is 12.1. The van der Waals surface area contributed by atoms with Gasteiger partial charge in [0, 0.05) is 18.2 Å². The molecule has 0 amide bonds. The molecule has 0 heterocycles. The highest BCUT2D eigenvalue weighted by atomic mass is 19.1. The molecular weight excluding hydrogens is 216 g/mol. The molecule has 0 aliphatic rings. The predicted molar refractivity (Wildman–Crippen MR) is 56.6 cm³/mol. The monoisotopic (exact) mass is 231 g/mol. The summed E-state index contributed by atoms with van der Waals surface area (Å²) in [5.41, 5.74) is 2.69. The van der Waals surface area contributed by atoms with E-state index < -0.39 is 11.6 Å². The molecule has 1 rings (SSSR count). The van der Waals surface area contributed by atoms with Crippen LogP contribution in [0, 0.1) is 11.6 Å². The molecule has 0 spiro atoms. The van der Waals surface area contributed by atoms with Crippen LogP contribution in [0.5, 0.6) is 5.75 Å². The van der Waals surface area contributed by atoms with Gasteiger partial charge in [-0.05, 0) is 13.1 Å². The van der Waals surface area contributed by atoms with Crippen LogP contribution in [0.1, 0.15) is 5.56 Å². The third-order valence-electron chi connectivity index (χ3n) is 2.12. The molecule has 0 bridgehead atoms. The number of halogens is 2. The third-order valence-corrected chi connectivity index (χ3v) is 2.12. The summed E-state index contributed by atoms with van der Waals surface area (Å²) in [5, 5.41) is 0. The molecule has 16 heavy (non-hydrogen) atoms. The van der Waals surface area contributed by atoms with Crippen molar-refractivity contribution in [2.75, 3.05) is 20.8 Å². The van der Waals surface area contributed by atoms with E-state index in [4.69, 9.17) is 5.84 Å². The van der Waals surface area contributed by atoms with Crippen molar-refractivity contribution in [2.24, 2.45) is 5.84 Å². The Morgan fingerprint density at radius 1 is 1.38 bits per heavy atom. The van der Waals surface area contributed by atoms with Crippen molar-refractivity contribution in [2.45, 2.75) is 6.54 Å². The van der Waals surface area contributed by atoms with Crippen LogP contribution in [0.3, 0.4) is 0 Å². The quantitative estimate of drug-likeness (QED) is 0.447. The molecule has 3 N–H and O–H groups in total. The number of hydrogen-bond acceptors (Lipinski definition) is 4. The summed E-state index contributed by atoms with van der Waals surface area (Å²) in [7, 11) is 3.03. The zero-order valence-electron chi connectivity index (χ0n) is 9.26. The number of rotatable bonds is 5. The van der Waals surface area contributed by atoms with Crippen molar-refractivity contribution in [1.82, 2.24) is 10.3 Å². The third kappa shape index (κ3) is 3.13. The fraction of sp³-hybridized carbons (Fsp3) is 0.400. The van der Waals surface area contributed by atoms with Crippen molar-refractivity contribution in [1.29, 1.82) is 0 Å². The van der Waals surface area contributed by atoms with Crippen molar-refractivity contribution < 1.29 is 13.5 Å². The van der Waals surface area contributed by atoms with E-state index in [0.29, 0.717) is 6.67 Å². The van der Waals surface area contributed by atoms with Gasteiger partial charge in [-0.1, -0.05) is 0 Å². The van der Waals surface area contributed by atoms with E-state index in [9.17, 15) is 8.78 Å². The van der Waals surface area contributed by atoms with Crippen LogP contribution >= 0.6 is 0 Å². The first kappa shape index (κ1) is 12.8. The van der Waals surface area contributed by atoms with Gasteiger partial charge in [0.05, 0.1) is 13.8 Å². The van der Waals surface area contributed by atoms with Gasteiger partial charge in [0.2, 0.25) is 0 Å². The van der Waals surface area contributed by atoms with Crippen LogP contribution in [0.4, 0.5) is 8.78 Å². The van der Waals surface area contributed by atoms with Crippen molar-refractivity contribution >= 4 is 0 Å². The van der Waals surface area contributed by atoms with Crippen LogP contribution in [0.25, 0.3) is 0 Å². The molecule has 0 aliphatic heterocycles. The number of nitrogens with zero attached hydrogens (tertiary/aromatic N) is 1. The highest BCUT2D eigenvalue weighted by molar-refractivity contribution is 5.30. The molecule has 0 fully saturated rings. The second-order valence-corrected chi connectivity index (χ2v) is 3.45. The van der Waals surface area contributed by atoms with Gasteiger partial charge < -0.3 is 4.74 Å². The molecule has 0 saturated heterocycles. The molecule has 0 aromatic heterocycles. The lowest BCUT2D eigenvalue weighted by Gasteiger charge is -2.16. The van der Waals surface area contributed by atoms with Crippen LogP contribution in [-0.4, -0.2) is 25.7 Å². The van der Waals surface area contributed by atoms with Gasteiger partial charge in [-0.2, -0.15) is 0 Å². The minimum absolute atomic E-state index is 0.0964. The number of methoxy groups -OCH3 is 1. The Morgan fingerprint density at radius 2 is 2.06 bits per heavy atom. The van der Waals surface area contributed by atoms with Gasteiger partial charge in [0.25, 0.3) is 0 Å². The Morgan fingerprint density at radius 3 is 2.62 bits per heavy atom. The molecule has 1 aromatic rings. The maximum atomic E-state index is 13.5. The van der Waals surface area contributed by atoms with Gasteiger partial charge in [0.15, 0.2) is 11.6 Å². The molecule has 0 atom stereocenters. The molecule has 0 unspecified atom stereocenters. The highest BCUT2D eigenvalue weighted by Crippen LogP contribution is 2.21. The molecule has 1 aromatic carbocycles. The maximum absolute atomic E-state index is 13.5. The average Bonchev–Trinajstić information content (AvgIpc) is 2.23. The number of hydrogen-bond donors (Lipinski definition) is 2. The number of benzene rings is 1. The summed E-state index contributed by atoms with van der Waals surface area (Å²) in [5.74, 6) is 3.95. The average molecular weight is 231 g/mol. The lowest BCUT2D eigenvalue weighted by atomic mass is 10.2. The van der Waals surface area contributed by atoms with Crippen molar-refractivity contribution in [3.63, 3.8) is 0 Å². The van der Waals surface area contributed by atoms with Crippen molar-refractivity contribution in [3.8, 4) is 5.75 Å². The van der Waals surface area contributed by atoms with Gasteiger partial charge in [-0.25, -0.2) is 14.2 Å². The van der Waals surface area contributed by atoms with E-state index >= 15 is 0 Å². The Kier molecular flexibility index (Phi) is 4.60. The first-order valence-corrected chi connectivity index (χ1v) is 4.72. The largest absolute Gasteiger partial charge is 0.494 e. The lowest BCUT2D eigenvalue weighted by molar-refractivity contribution is 0.295. The van der Waals surface area contributed by atoms with E-state index in [1.165, 1.54) is 7.11 Å².